The number of rotatable bonds is 2. The lowest BCUT2D eigenvalue weighted by molar-refractivity contribution is 0.542. The van der Waals surface area contributed by atoms with Crippen LogP contribution in [0.25, 0.3) is 0 Å². The first-order valence-electron chi connectivity index (χ1n) is 6.92. The smallest absolute Gasteiger partial charge is 0.223 e. The van der Waals surface area contributed by atoms with E-state index in [9.17, 15) is 0 Å². The van der Waals surface area contributed by atoms with E-state index in [1.165, 1.54) is 0 Å². The summed E-state index contributed by atoms with van der Waals surface area (Å²) in [7, 11) is 0. The van der Waals surface area contributed by atoms with Crippen molar-refractivity contribution in [3.05, 3.63) is 11.6 Å². The minimum Gasteiger partial charge on any atom is -0.368 e. The summed E-state index contributed by atoms with van der Waals surface area (Å²) in [5, 5.41) is 0. The van der Waals surface area contributed by atoms with Gasteiger partial charge < -0.3 is 5.73 Å². The van der Waals surface area contributed by atoms with E-state index < -0.39 is 9.75 Å². The molecular weight excluding hydrogens is 283 g/mol. The Bertz CT molecular complexity index is 439. The molecule has 3 rings (SSSR count). The second-order valence-corrected chi connectivity index (χ2v) is 7.13. The molecule has 0 bridgehead atoms. The topological polar surface area (TPSA) is 64.7 Å². The van der Waals surface area contributed by atoms with Crippen LogP contribution in [0, 0.1) is 0 Å². The fourth-order valence-corrected chi connectivity index (χ4v) is 3.81. The van der Waals surface area contributed by atoms with Gasteiger partial charge in [0.1, 0.15) is 9.75 Å². The average Bonchev–Trinajstić information content (AvgIpc) is 2.99. The summed E-state index contributed by atoms with van der Waals surface area (Å²) >= 11 is 13.3. The molecular formula is C13H18Cl2N4. The Labute approximate surface area is 123 Å². The largest absolute Gasteiger partial charge is 0.368 e. The normalized spacial score (nSPS) is 24.7. The van der Waals surface area contributed by atoms with Gasteiger partial charge in [0.25, 0.3) is 0 Å². The summed E-state index contributed by atoms with van der Waals surface area (Å²) < 4.78 is 0. The van der Waals surface area contributed by atoms with Gasteiger partial charge in [-0.15, -0.1) is 23.2 Å². The van der Waals surface area contributed by atoms with Crippen LogP contribution in [0.1, 0.15) is 63.0 Å². The molecule has 0 amide bonds. The van der Waals surface area contributed by atoms with Crippen LogP contribution in [0.15, 0.2) is 0 Å². The van der Waals surface area contributed by atoms with E-state index in [1.54, 1.807) is 0 Å². The summed E-state index contributed by atoms with van der Waals surface area (Å²) in [5.74, 6) is 1.46. The second-order valence-electron chi connectivity index (χ2n) is 5.69. The van der Waals surface area contributed by atoms with Gasteiger partial charge in [-0.25, -0.2) is 4.98 Å². The lowest BCUT2D eigenvalue weighted by Crippen LogP contribution is -2.25. The van der Waals surface area contributed by atoms with Gasteiger partial charge in [-0.05, 0) is 25.7 Å². The van der Waals surface area contributed by atoms with E-state index in [4.69, 9.17) is 28.9 Å². The van der Waals surface area contributed by atoms with Crippen molar-refractivity contribution >= 4 is 29.2 Å². The molecule has 1 heterocycles. The highest BCUT2D eigenvalue weighted by Crippen LogP contribution is 2.46. The molecule has 0 aromatic carbocycles. The van der Waals surface area contributed by atoms with E-state index in [0.717, 1.165) is 51.4 Å². The summed E-state index contributed by atoms with van der Waals surface area (Å²) in [6.45, 7) is 0. The first kappa shape index (κ1) is 13.4. The third kappa shape index (κ3) is 2.40. The van der Waals surface area contributed by atoms with Crippen molar-refractivity contribution in [1.82, 2.24) is 15.0 Å². The molecule has 0 atom stereocenters. The Kier molecular flexibility index (Phi) is 3.34. The van der Waals surface area contributed by atoms with E-state index >= 15 is 0 Å². The Balaban J connectivity index is 2.01. The predicted octanol–water partition coefficient (Wildman–Crippen LogP) is 3.47. The molecule has 2 aliphatic carbocycles. The number of halogens is 2. The number of alkyl halides is 2. The molecule has 0 radical (unpaired) electrons. The van der Waals surface area contributed by atoms with Crippen molar-refractivity contribution in [2.24, 2.45) is 0 Å². The predicted molar refractivity (Wildman–Crippen MR) is 76.2 cm³/mol. The van der Waals surface area contributed by atoms with Gasteiger partial charge in [0.15, 0.2) is 11.6 Å². The molecule has 4 nitrogen and oxygen atoms in total. The number of hydrogen-bond acceptors (Lipinski definition) is 4. The number of aromatic nitrogens is 3. The molecule has 2 saturated carbocycles. The Hall–Kier alpha value is -0.610. The first-order valence-corrected chi connectivity index (χ1v) is 7.68. The SMILES string of the molecule is Nc1nc(C2(Cl)CCCC2)nc(C2(Cl)CCCC2)n1. The molecule has 0 saturated heterocycles. The molecule has 0 spiro atoms. The summed E-state index contributed by atoms with van der Waals surface area (Å²) in [4.78, 5) is 12.1. The fraction of sp³-hybridized carbons (Fsp3) is 0.769. The van der Waals surface area contributed by atoms with Crippen LogP contribution in [-0.2, 0) is 9.75 Å². The fourth-order valence-electron chi connectivity index (χ4n) is 3.11. The Morgan fingerprint density at radius 2 is 1.11 bits per heavy atom. The molecule has 0 unspecified atom stereocenters. The first-order chi connectivity index (χ1) is 9.02. The van der Waals surface area contributed by atoms with Crippen molar-refractivity contribution in [3.8, 4) is 0 Å². The second kappa shape index (κ2) is 4.74. The highest BCUT2D eigenvalue weighted by Gasteiger charge is 2.41. The number of nitrogens with zero attached hydrogens (tertiary/aromatic N) is 3. The zero-order valence-corrected chi connectivity index (χ0v) is 12.3. The molecule has 19 heavy (non-hydrogen) atoms. The summed E-state index contributed by atoms with van der Waals surface area (Å²) in [6, 6.07) is 0. The maximum Gasteiger partial charge on any atom is 0.223 e. The van der Waals surface area contributed by atoms with Gasteiger partial charge >= 0.3 is 0 Å². The van der Waals surface area contributed by atoms with E-state index in [0.29, 0.717) is 11.6 Å². The number of anilines is 1. The van der Waals surface area contributed by atoms with Crippen LogP contribution in [0.5, 0.6) is 0 Å². The van der Waals surface area contributed by atoms with Gasteiger partial charge in [-0.1, -0.05) is 25.7 Å². The van der Waals surface area contributed by atoms with Crippen LogP contribution in [0.4, 0.5) is 5.95 Å². The highest BCUT2D eigenvalue weighted by atomic mass is 35.5. The zero-order valence-electron chi connectivity index (χ0n) is 10.8. The molecule has 1 aromatic heterocycles. The maximum absolute atomic E-state index is 6.64. The monoisotopic (exact) mass is 300 g/mol. The Morgan fingerprint density at radius 3 is 1.47 bits per heavy atom. The van der Waals surface area contributed by atoms with Gasteiger partial charge in [0.2, 0.25) is 5.95 Å². The maximum atomic E-state index is 6.64. The van der Waals surface area contributed by atoms with E-state index in [2.05, 4.69) is 15.0 Å². The van der Waals surface area contributed by atoms with Gasteiger partial charge in [0.05, 0.1) is 0 Å². The highest BCUT2D eigenvalue weighted by molar-refractivity contribution is 6.24. The van der Waals surface area contributed by atoms with Crippen LogP contribution in [0.3, 0.4) is 0 Å². The minimum atomic E-state index is -0.475. The van der Waals surface area contributed by atoms with Crippen LogP contribution in [-0.4, -0.2) is 15.0 Å². The van der Waals surface area contributed by atoms with E-state index in [-0.39, 0.29) is 5.95 Å². The van der Waals surface area contributed by atoms with Gasteiger partial charge in [0, 0.05) is 0 Å². The summed E-state index contributed by atoms with van der Waals surface area (Å²) in [5.41, 5.74) is 5.83. The van der Waals surface area contributed by atoms with Crippen molar-refractivity contribution in [2.45, 2.75) is 61.1 Å². The number of hydrogen-bond donors (Lipinski definition) is 1. The lowest BCUT2D eigenvalue weighted by Gasteiger charge is -2.23. The number of nitrogen functional groups attached to an aromatic ring is 1. The van der Waals surface area contributed by atoms with Crippen LogP contribution < -0.4 is 5.73 Å². The molecule has 2 N–H and O–H groups in total. The molecule has 104 valence electrons. The molecule has 6 heteroatoms. The molecule has 2 fully saturated rings. The van der Waals surface area contributed by atoms with Crippen LogP contribution >= 0.6 is 23.2 Å². The standard InChI is InChI=1S/C13H18Cl2N4/c14-12(5-1-2-6-12)9-17-10(19-11(16)18-9)13(15)7-3-4-8-13/h1-8H2,(H2,16,17,18,19). The quantitative estimate of drug-likeness (QED) is 0.849. The third-order valence-corrected chi connectivity index (χ3v) is 5.34. The zero-order chi connectivity index (χ0) is 13.5. The van der Waals surface area contributed by atoms with Crippen molar-refractivity contribution < 1.29 is 0 Å². The van der Waals surface area contributed by atoms with Crippen molar-refractivity contribution in [1.29, 1.82) is 0 Å². The molecule has 2 aliphatic rings. The summed E-state index contributed by atoms with van der Waals surface area (Å²) in [6.07, 6.45) is 8.01. The van der Waals surface area contributed by atoms with E-state index in [1.807, 2.05) is 0 Å². The Morgan fingerprint density at radius 1 is 0.737 bits per heavy atom. The average molecular weight is 301 g/mol. The minimum absolute atomic E-state index is 0.235. The van der Waals surface area contributed by atoms with Gasteiger partial charge in [-0.3, -0.25) is 0 Å². The molecule has 0 aliphatic heterocycles. The third-order valence-electron chi connectivity index (χ3n) is 4.25. The van der Waals surface area contributed by atoms with Crippen molar-refractivity contribution in [3.63, 3.8) is 0 Å². The van der Waals surface area contributed by atoms with Crippen molar-refractivity contribution in [2.75, 3.05) is 5.73 Å². The van der Waals surface area contributed by atoms with Gasteiger partial charge in [-0.2, -0.15) is 9.97 Å². The number of nitrogens with two attached hydrogens (primary N) is 1. The lowest BCUT2D eigenvalue weighted by atomic mass is 10.0. The molecule has 1 aromatic rings. The van der Waals surface area contributed by atoms with Crippen LogP contribution in [0.2, 0.25) is 0 Å².